The summed E-state index contributed by atoms with van der Waals surface area (Å²) in [5.41, 5.74) is 2.22. The SMILES string of the molecule is Cc1cc(OS(=O)(=O)c2cccc(C#N)c2)cc(C(C)C)c1. The van der Waals surface area contributed by atoms with Gasteiger partial charge >= 0.3 is 10.1 Å². The highest BCUT2D eigenvalue weighted by molar-refractivity contribution is 7.87. The van der Waals surface area contributed by atoms with Crippen molar-refractivity contribution in [3.05, 3.63) is 59.2 Å². The Kier molecular flexibility index (Phi) is 4.53. The Morgan fingerprint density at radius 3 is 2.50 bits per heavy atom. The van der Waals surface area contributed by atoms with E-state index < -0.39 is 10.1 Å². The van der Waals surface area contributed by atoms with Crippen LogP contribution in [0.2, 0.25) is 0 Å². The Labute approximate surface area is 131 Å². The Balaban J connectivity index is 2.38. The summed E-state index contributed by atoms with van der Waals surface area (Å²) in [7, 11) is -3.96. The van der Waals surface area contributed by atoms with Gasteiger partial charge in [-0.2, -0.15) is 13.7 Å². The molecule has 0 N–H and O–H groups in total. The van der Waals surface area contributed by atoms with Crippen LogP contribution in [0.3, 0.4) is 0 Å². The van der Waals surface area contributed by atoms with E-state index in [1.807, 2.05) is 32.9 Å². The average Bonchev–Trinajstić information content (AvgIpc) is 2.46. The number of hydrogen-bond acceptors (Lipinski definition) is 4. The molecule has 5 heteroatoms. The van der Waals surface area contributed by atoms with Crippen molar-refractivity contribution < 1.29 is 12.6 Å². The van der Waals surface area contributed by atoms with Crippen molar-refractivity contribution in [2.45, 2.75) is 31.6 Å². The molecule has 0 aliphatic heterocycles. The van der Waals surface area contributed by atoms with E-state index in [2.05, 4.69) is 0 Å². The average molecular weight is 315 g/mol. The second kappa shape index (κ2) is 6.20. The molecular weight excluding hydrogens is 298 g/mol. The van der Waals surface area contributed by atoms with E-state index in [9.17, 15) is 8.42 Å². The van der Waals surface area contributed by atoms with Gasteiger partial charge in [0.05, 0.1) is 11.6 Å². The van der Waals surface area contributed by atoms with Gasteiger partial charge in [-0.25, -0.2) is 0 Å². The topological polar surface area (TPSA) is 67.2 Å². The van der Waals surface area contributed by atoms with Gasteiger partial charge in [0.25, 0.3) is 0 Å². The van der Waals surface area contributed by atoms with Crippen molar-refractivity contribution in [2.75, 3.05) is 0 Å². The van der Waals surface area contributed by atoms with Gasteiger partial charge in [-0.3, -0.25) is 0 Å². The minimum atomic E-state index is -3.96. The highest BCUT2D eigenvalue weighted by atomic mass is 32.2. The lowest BCUT2D eigenvalue weighted by Gasteiger charge is -2.12. The standard InChI is InChI=1S/C17H17NO3S/c1-12(2)15-7-13(3)8-16(10-15)21-22(19,20)17-6-4-5-14(9-17)11-18/h4-10,12H,1-3H3. The second-order valence-corrected chi connectivity index (χ2v) is 6.96. The Morgan fingerprint density at radius 2 is 1.86 bits per heavy atom. The Morgan fingerprint density at radius 1 is 1.14 bits per heavy atom. The van der Waals surface area contributed by atoms with E-state index in [1.165, 1.54) is 18.2 Å². The van der Waals surface area contributed by atoms with Crippen LogP contribution < -0.4 is 4.18 Å². The molecule has 0 unspecified atom stereocenters. The van der Waals surface area contributed by atoms with Crippen LogP contribution in [0.1, 0.15) is 36.5 Å². The third-order valence-electron chi connectivity index (χ3n) is 3.20. The van der Waals surface area contributed by atoms with E-state index in [0.717, 1.165) is 11.1 Å². The zero-order valence-corrected chi connectivity index (χ0v) is 13.5. The highest BCUT2D eigenvalue weighted by Crippen LogP contribution is 2.25. The van der Waals surface area contributed by atoms with Crippen molar-refractivity contribution in [1.82, 2.24) is 0 Å². The molecule has 0 aliphatic rings. The van der Waals surface area contributed by atoms with Crippen LogP contribution in [0.4, 0.5) is 0 Å². The molecule has 0 amide bonds. The maximum atomic E-state index is 12.3. The first kappa shape index (κ1) is 16.1. The molecule has 0 bridgehead atoms. The summed E-state index contributed by atoms with van der Waals surface area (Å²) in [6, 6.07) is 13.1. The van der Waals surface area contributed by atoms with Crippen molar-refractivity contribution in [2.24, 2.45) is 0 Å². The van der Waals surface area contributed by atoms with Crippen LogP contribution in [-0.2, 0) is 10.1 Å². The first-order chi connectivity index (χ1) is 10.3. The quantitative estimate of drug-likeness (QED) is 0.806. The molecule has 114 valence electrons. The van der Waals surface area contributed by atoms with Gasteiger partial charge in [-0.1, -0.05) is 26.0 Å². The summed E-state index contributed by atoms with van der Waals surface area (Å²) in [5.74, 6) is 0.554. The van der Waals surface area contributed by atoms with Crippen LogP contribution in [0.5, 0.6) is 5.75 Å². The zero-order valence-electron chi connectivity index (χ0n) is 12.7. The van der Waals surface area contributed by atoms with Gasteiger partial charge in [0.2, 0.25) is 0 Å². The van der Waals surface area contributed by atoms with Crippen LogP contribution in [0.25, 0.3) is 0 Å². The smallest absolute Gasteiger partial charge is 0.339 e. The third-order valence-corrected chi connectivity index (χ3v) is 4.44. The summed E-state index contributed by atoms with van der Waals surface area (Å²) in [5, 5.41) is 8.87. The molecule has 4 nitrogen and oxygen atoms in total. The largest absolute Gasteiger partial charge is 0.379 e. The van der Waals surface area contributed by atoms with Crippen molar-refractivity contribution in [1.29, 1.82) is 5.26 Å². The summed E-state index contributed by atoms with van der Waals surface area (Å²) in [6.45, 7) is 5.95. The summed E-state index contributed by atoms with van der Waals surface area (Å²) < 4.78 is 29.9. The zero-order chi connectivity index (χ0) is 16.3. The fourth-order valence-corrected chi connectivity index (χ4v) is 3.02. The Bertz CT molecular complexity index is 833. The number of benzene rings is 2. The van der Waals surface area contributed by atoms with Crippen molar-refractivity contribution >= 4 is 10.1 Å². The maximum Gasteiger partial charge on any atom is 0.339 e. The lowest BCUT2D eigenvalue weighted by atomic mass is 10.0. The fraction of sp³-hybridized carbons (Fsp3) is 0.235. The summed E-state index contributed by atoms with van der Waals surface area (Å²) >= 11 is 0. The molecule has 2 aromatic rings. The monoisotopic (exact) mass is 315 g/mol. The number of rotatable bonds is 4. The van der Waals surface area contributed by atoms with E-state index in [4.69, 9.17) is 9.44 Å². The molecule has 2 rings (SSSR count). The number of nitrogens with zero attached hydrogens (tertiary/aromatic N) is 1. The van der Waals surface area contributed by atoms with Crippen molar-refractivity contribution in [3.63, 3.8) is 0 Å². The molecule has 0 spiro atoms. The van der Waals surface area contributed by atoms with Gasteiger partial charge in [0, 0.05) is 0 Å². The molecular formula is C17H17NO3S. The molecule has 0 aliphatic carbocycles. The Hall–Kier alpha value is -2.32. The van der Waals surface area contributed by atoms with Gasteiger partial charge in [0.15, 0.2) is 0 Å². The normalized spacial score (nSPS) is 11.2. The van der Waals surface area contributed by atoms with E-state index in [-0.39, 0.29) is 22.1 Å². The first-order valence-corrected chi connectivity index (χ1v) is 8.29. The van der Waals surface area contributed by atoms with Gasteiger partial charge in [0.1, 0.15) is 10.6 Å². The highest BCUT2D eigenvalue weighted by Gasteiger charge is 2.18. The van der Waals surface area contributed by atoms with Crippen LogP contribution in [-0.4, -0.2) is 8.42 Å². The summed E-state index contributed by atoms with van der Waals surface area (Å²) in [6.07, 6.45) is 0. The summed E-state index contributed by atoms with van der Waals surface area (Å²) in [4.78, 5) is -0.0286. The molecule has 0 aromatic heterocycles. The predicted molar refractivity (Wildman–Crippen MR) is 84.2 cm³/mol. The minimum Gasteiger partial charge on any atom is -0.379 e. The number of hydrogen-bond donors (Lipinski definition) is 0. The molecule has 22 heavy (non-hydrogen) atoms. The molecule has 2 aromatic carbocycles. The fourth-order valence-electron chi connectivity index (χ4n) is 2.05. The number of nitriles is 1. The van der Waals surface area contributed by atoms with E-state index >= 15 is 0 Å². The second-order valence-electron chi connectivity index (χ2n) is 5.41. The van der Waals surface area contributed by atoms with E-state index in [1.54, 1.807) is 18.2 Å². The van der Waals surface area contributed by atoms with Crippen molar-refractivity contribution in [3.8, 4) is 11.8 Å². The minimum absolute atomic E-state index is 0.0286. The predicted octanol–water partition coefficient (Wildman–Crippen LogP) is 3.76. The van der Waals surface area contributed by atoms with Gasteiger partial charge < -0.3 is 4.18 Å². The molecule has 0 radical (unpaired) electrons. The molecule has 0 heterocycles. The maximum absolute atomic E-state index is 12.3. The van der Waals surface area contributed by atoms with Crippen LogP contribution in [0, 0.1) is 18.3 Å². The molecule has 0 saturated heterocycles. The third kappa shape index (κ3) is 3.66. The van der Waals surface area contributed by atoms with Crippen LogP contribution >= 0.6 is 0 Å². The lowest BCUT2D eigenvalue weighted by molar-refractivity contribution is 0.485. The van der Waals surface area contributed by atoms with Gasteiger partial charge in [-0.15, -0.1) is 0 Å². The lowest BCUT2D eigenvalue weighted by Crippen LogP contribution is -2.10. The van der Waals surface area contributed by atoms with Gasteiger partial charge in [-0.05, 0) is 54.3 Å². The molecule has 0 atom stereocenters. The number of aryl methyl sites for hydroxylation is 1. The molecule has 0 saturated carbocycles. The molecule has 0 fully saturated rings. The van der Waals surface area contributed by atoms with Crippen LogP contribution in [0.15, 0.2) is 47.4 Å². The first-order valence-electron chi connectivity index (χ1n) is 6.88. The van der Waals surface area contributed by atoms with E-state index in [0.29, 0.717) is 0 Å².